The van der Waals surface area contributed by atoms with Crippen molar-refractivity contribution in [1.82, 2.24) is 0 Å². The van der Waals surface area contributed by atoms with Crippen molar-refractivity contribution in [2.45, 2.75) is 62.2 Å². The molecule has 0 saturated carbocycles. The van der Waals surface area contributed by atoms with Crippen LogP contribution in [0.2, 0.25) is 0 Å². The van der Waals surface area contributed by atoms with Crippen LogP contribution in [-0.2, 0) is 55.7 Å². The number of hydrogen-bond donors (Lipinski definition) is 4. The molecule has 4 aromatic carbocycles. The van der Waals surface area contributed by atoms with Crippen molar-refractivity contribution in [2.75, 3.05) is 30.1 Å². The predicted octanol–water partition coefficient (Wildman–Crippen LogP) is 7.62. The largest absolute Gasteiger partial charge is 0.497 e. The zero-order valence-corrected chi connectivity index (χ0v) is 38.6. The molecule has 0 saturated heterocycles. The quantitative estimate of drug-likeness (QED) is 0.0831. The molecule has 27 heteroatoms. The molecule has 0 bridgehead atoms. The van der Waals surface area contributed by atoms with Crippen molar-refractivity contribution in [3.05, 3.63) is 114 Å². The number of benzene rings is 4. The summed E-state index contributed by atoms with van der Waals surface area (Å²) in [4.78, 5) is -0.0115. The Kier molecular flexibility index (Phi) is 22.6. The van der Waals surface area contributed by atoms with Crippen molar-refractivity contribution in [2.24, 2.45) is 0 Å². The van der Waals surface area contributed by atoms with Gasteiger partial charge in [0.25, 0.3) is 40.5 Å². The maximum atomic E-state index is 14.3. The van der Waals surface area contributed by atoms with E-state index >= 15 is 0 Å². The van der Waals surface area contributed by atoms with Gasteiger partial charge < -0.3 is 9.47 Å². The number of halogens is 6. The first kappa shape index (κ1) is 59.7. The minimum absolute atomic E-state index is 0.0314. The zero-order chi connectivity index (χ0) is 50.2. The first-order valence-corrected chi connectivity index (χ1v) is 25.6. The van der Waals surface area contributed by atoms with Crippen molar-refractivity contribution in [1.29, 1.82) is 0 Å². The van der Waals surface area contributed by atoms with Crippen molar-refractivity contribution in [3.63, 3.8) is 0 Å². The van der Waals surface area contributed by atoms with Gasteiger partial charge in [0, 0.05) is 0 Å². The third-order valence-electron chi connectivity index (χ3n) is 7.82. The molecule has 362 valence electrons. The first-order valence-electron chi connectivity index (χ1n) is 17.7. The summed E-state index contributed by atoms with van der Waals surface area (Å²) < 4.78 is 230. The van der Waals surface area contributed by atoms with Crippen molar-refractivity contribution >= 4 is 50.3 Å². The molecule has 0 aromatic heterocycles. The molecule has 0 fully saturated rings. The second-order valence-electron chi connectivity index (χ2n) is 12.4. The van der Waals surface area contributed by atoms with Crippen LogP contribution in [0.15, 0.2) is 107 Å². The second-order valence-corrected chi connectivity index (χ2v) is 21.3. The standard InChI is InChI=1S/C29H22F6O4S.4C2H6O3S/c1-19-3-5-20(6-4-19)27(28(30,31)32,29(33,34)35)21-7-9-23(10-8-21)39-24-13-17-26(18-14-24)40(36,37)25-15-11-22(38-2)12-16-25;4*1-2-6(3,4)5/h3-18H,1-2H3;4*2H2,1H3,(H,3,4,5). The minimum atomic E-state index is -5.70. The van der Waals surface area contributed by atoms with Crippen LogP contribution in [0.5, 0.6) is 17.2 Å². The van der Waals surface area contributed by atoms with Crippen LogP contribution in [0.25, 0.3) is 0 Å². The molecule has 0 spiro atoms. The van der Waals surface area contributed by atoms with Gasteiger partial charge in [0.15, 0.2) is 0 Å². The van der Waals surface area contributed by atoms with Crippen LogP contribution >= 0.6 is 0 Å². The van der Waals surface area contributed by atoms with Gasteiger partial charge in [-0.2, -0.15) is 60.0 Å². The molecule has 0 aliphatic carbocycles. The van der Waals surface area contributed by atoms with Crippen LogP contribution in [-0.4, -0.2) is 103 Å². The third-order valence-corrected chi connectivity index (χ3v) is 12.5. The molecule has 0 amide bonds. The molecule has 4 aromatic rings. The van der Waals surface area contributed by atoms with Gasteiger partial charge in [-0.1, -0.05) is 42.0 Å². The third kappa shape index (κ3) is 20.2. The summed E-state index contributed by atoms with van der Waals surface area (Å²) in [6, 6.07) is 18.4. The Balaban J connectivity index is 0.00000135. The van der Waals surface area contributed by atoms with Crippen molar-refractivity contribution in [3.8, 4) is 17.2 Å². The van der Waals surface area contributed by atoms with Gasteiger partial charge in [-0.15, -0.1) is 0 Å². The topological polar surface area (TPSA) is 270 Å². The fourth-order valence-corrected chi connectivity index (χ4v) is 5.53. The number of rotatable bonds is 11. The van der Waals surface area contributed by atoms with E-state index in [9.17, 15) is 68.4 Å². The number of ether oxygens (including phenoxy) is 2. The molecule has 0 atom stereocenters. The Morgan fingerprint density at radius 3 is 0.906 bits per heavy atom. The van der Waals surface area contributed by atoms with Gasteiger partial charge in [0.05, 0.1) is 39.9 Å². The summed E-state index contributed by atoms with van der Waals surface area (Å²) in [5.74, 6) is -0.246. The fraction of sp³-hybridized carbons (Fsp3) is 0.351. The maximum Gasteiger partial charge on any atom is 0.411 e. The van der Waals surface area contributed by atoms with E-state index in [1.54, 1.807) is 6.92 Å². The van der Waals surface area contributed by atoms with E-state index in [0.29, 0.717) is 11.3 Å². The monoisotopic (exact) mass is 1020 g/mol. The highest BCUT2D eigenvalue weighted by Gasteiger charge is 2.72. The maximum absolute atomic E-state index is 14.3. The number of alkyl halides is 6. The van der Waals surface area contributed by atoms with Crippen LogP contribution in [0.3, 0.4) is 0 Å². The number of sulfone groups is 1. The van der Waals surface area contributed by atoms with Crippen LogP contribution in [0.4, 0.5) is 26.3 Å². The van der Waals surface area contributed by atoms with E-state index < -0.39 is 79.2 Å². The van der Waals surface area contributed by atoms with E-state index in [1.807, 2.05) is 0 Å². The molecule has 0 aliphatic heterocycles. The molecular formula is C37H46F6O16S5. The van der Waals surface area contributed by atoms with Gasteiger partial charge >= 0.3 is 12.4 Å². The Hall–Kier alpha value is -4.35. The zero-order valence-electron chi connectivity index (χ0n) is 34.6. The van der Waals surface area contributed by atoms with Crippen LogP contribution in [0, 0.1) is 6.92 Å². The normalized spacial score (nSPS) is 12.3. The minimum Gasteiger partial charge on any atom is -0.497 e. The van der Waals surface area contributed by atoms with E-state index in [0.717, 1.165) is 36.4 Å². The number of hydrogen-bond acceptors (Lipinski definition) is 12. The van der Waals surface area contributed by atoms with Gasteiger partial charge in [-0.25, -0.2) is 8.42 Å². The lowest BCUT2D eigenvalue weighted by Gasteiger charge is -2.38. The van der Waals surface area contributed by atoms with Gasteiger partial charge in [0.1, 0.15) is 17.2 Å². The van der Waals surface area contributed by atoms with Gasteiger partial charge in [0.2, 0.25) is 15.3 Å². The lowest BCUT2D eigenvalue weighted by Crippen LogP contribution is -2.54. The Morgan fingerprint density at radius 1 is 0.438 bits per heavy atom. The van der Waals surface area contributed by atoms with Gasteiger partial charge in [-0.3, -0.25) is 18.2 Å². The molecule has 4 rings (SSSR count). The highest BCUT2D eigenvalue weighted by Crippen LogP contribution is 2.56. The molecule has 16 nitrogen and oxygen atoms in total. The van der Waals surface area contributed by atoms with Crippen LogP contribution in [0.1, 0.15) is 44.4 Å². The summed E-state index contributed by atoms with van der Waals surface area (Å²) in [5.41, 5.74) is -5.73. The summed E-state index contributed by atoms with van der Waals surface area (Å²) in [5, 5.41) is 0. The summed E-state index contributed by atoms with van der Waals surface area (Å²) in [7, 11) is -17.1. The molecule has 4 N–H and O–H groups in total. The summed E-state index contributed by atoms with van der Waals surface area (Å²) in [6.45, 7) is 7.04. The van der Waals surface area contributed by atoms with Crippen molar-refractivity contribution < 1.29 is 96.1 Å². The second kappa shape index (κ2) is 24.3. The summed E-state index contributed by atoms with van der Waals surface area (Å²) >= 11 is 0. The Bertz CT molecular complexity index is 2480. The SMILES string of the molecule is CCS(=O)(=O)O.CCS(=O)(=O)O.CCS(=O)(=O)O.CCS(=O)(=O)O.COc1ccc(S(=O)(=O)c2ccc(Oc3ccc(C(c4ccc(C)cc4)(C(F)(F)F)C(F)(F)F)cc3)cc2)cc1. The van der Waals surface area contributed by atoms with Gasteiger partial charge in [-0.05, 0) is 106 Å². The first-order chi connectivity index (χ1) is 28.9. The fourth-order valence-electron chi connectivity index (χ4n) is 4.27. The lowest BCUT2D eigenvalue weighted by molar-refractivity contribution is -0.288. The van der Waals surface area contributed by atoms with E-state index in [4.69, 9.17) is 27.7 Å². The van der Waals surface area contributed by atoms with E-state index in [-0.39, 0.29) is 44.3 Å². The Labute approximate surface area is 368 Å². The summed E-state index contributed by atoms with van der Waals surface area (Å²) in [6.07, 6.45) is -11.4. The molecule has 0 unspecified atom stereocenters. The van der Waals surface area contributed by atoms with Crippen LogP contribution < -0.4 is 9.47 Å². The lowest BCUT2D eigenvalue weighted by atomic mass is 9.72. The average molecular weight is 1020 g/mol. The predicted molar refractivity (Wildman–Crippen MR) is 224 cm³/mol. The molecule has 0 aliphatic rings. The number of methoxy groups -OCH3 is 1. The molecule has 64 heavy (non-hydrogen) atoms. The average Bonchev–Trinajstić information content (AvgIpc) is 3.18. The number of aryl methyl sites for hydroxylation is 1. The van der Waals surface area contributed by atoms with E-state index in [1.165, 1.54) is 95.5 Å². The van der Waals surface area contributed by atoms with E-state index in [2.05, 4.69) is 0 Å². The molecule has 0 radical (unpaired) electrons. The highest BCUT2D eigenvalue weighted by molar-refractivity contribution is 7.91. The molecular weight excluding hydrogens is 975 g/mol. The highest BCUT2D eigenvalue weighted by atomic mass is 32.2. The molecule has 0 heterocycles. The smallest absolute Gasteiger partial charge is 0.411 e. The Morgan fingerprint density at radius 2 is 0.672 bits per heavy atom.